The lowest BCUT2D eigenvalue weighted by atomic mass is 9.85. The van der Waals surface area contributed by atoms with Crippen molar-refractivity contribution in [1.29, 1.82) is 0 Å². The average Bonchev–Trinajstić information content (AvgIpc) is 2.83. The second-order valence-corrected chi connectivity index (χ2v) is 8.57. The summed E-state index contributed by atoms with van der Waals surface area (Å²) in [4.78, 5) is 20.9. The molecule has 2 heterocycles. The number of fused-ring (bicyclic) bond motifs is 1. The predicted molar refractivity (Wildman–Crippen MR) is 134 cm³/mol. The molecule has 9 nitrogen and oxygen atoms in total. The zero-order chi connectivity index (χ0) is 23.6. The second-order valence-electron chi connectivity index (χ2n) is 8.57. The van der Waals surface area contributed by atoms with Crippen molar-refractivity contribution in [3.8, 4) is 17.2 Å². The molecule has 1 atom stereocenters. The van der Waals surface area contributed by atoms with Crippen molar-refractivity contribution in [3.05, 3.63) is 48.0 Å². The van der Waals surface area contributed by atoms with E-state index < -0.39 is 11.3 Å². The Bertz CT molecular complexity index is 1060. The lowest BCUT2D eigenvalue weighted by molar-refractivity contribution is -0.137. The normalized spacial score (nSPS) is 19.7. The van der Waals surface area contributed by atoms with Gasteiger partial charge < -0.3 is 29.7 Å². The van der Waals surface area contributed by atoms with Gasteiger partial charge in [0.15, 0.2) is 17.1 Å². The molecule has 0 bridgehead atoms. The van der Waals surface area contributed by atoms with Gasteiger partial charge in [-0.15, -0.1) is 12.4 Å². The summed E-state index contributed by atoms with van der Waals surface area (Å²) in [7, 11) is 3.11. The highest BCUT2D eigenvalue weighted by atomic mass is 35.5. The molecule has 1 unspecified atom stereocenters. The van der Waals surface area contributed by atoms with Crippen molar-refractivity contribution in [3.63, 3.8) is 0 Å². The van der Waals surface area contributed by atoms with Crippen molar-refractivity contribution in [2.24, 2.45) is 10.7 Å². The fourth-order valence-corrected chi connectivity index (χ4v) is 4.16. The molecule has 1 saturated heterocycles. The first-order chi connectivity index (χ1) is 15.8. The number of nitrogens with zero attached hydrogens (tertiary/aromatic N) is 2. The summed E-state index contributed by atoms with van der Waals surface area (Å²) in [5, 5.41) is 6.67. The van der Waals surface area contributed by atoms with Gasteiger partial charge in [0.2, 0.25) is 17.4 Å². The van der Waals surface area contributed by atoms with Gasteiger partial charge in [0.1, 0.15) is 5.75 Å². The first-order valence-corrected chi connectivity index (χ1v) is 11.0. The molecule has 10 heteroatoms. The molecule has 2 aliphatic heterocycles. The molecule has 4 rings (SSSR count). The lowest BCUT2D eigenvalue weighted by Crippen LogP contribution is -2.59. The number of nitrogens with two attached hydrogens (primary N) is 1. The van der Waals surface area contributed by atoms with E-state index in [-0.39, 0.29) is 18.2 Å². The Balaban J connectivity index is 0.00000324. The maximum absolute atomic E-state index is 14.0. The van der Waals surface area contributed by atoms with E-state index >= 15 is 0 Å². The molecule has 0 spiro atoms. The third-order valence-corrected chi connectivity index (χ3v) is 5.89. The molecule has 0 aliphatic carbocycles. The third kappa shape index (κ3) is 4.77. The number of anilines is 1. The van der Waals surface area contributed by atoms with Crippen LogP contribution in [-0.2, 0) is 10.5 Å². The first-order valence-electron chi connectivity index (χ1n) is 11.0. The molecule has 1 fully saturated rings. The number of para-hydroxylation sites is 1. The number of carbonyl (C=O) groups excluding carboxylic acids is 1. The van der Waals surface area contributed by atoms with Gasteiger partial charge in [0, 0.05) is 37.8 Å². The Hall–Kier alpha value is -3.01. The highest BCUT2D eigenvalue weighted by molar-refractivity contribution is 6.05. The standard InChI is InChI=1S/C24H31N5O4.ClH/c1-23(2,33-16-8-6-5-7-9-16)21(30)24(25)17-14-19(31-3)20(32-4)15-18(17)27-22(28-24)29-12-10-26-11-13-29;/h5-9,14-15,26H,10-13,25H2,1-4H3,(H,27,28);1H. The molecular weight excluding hydrogens is 458 g/mol. The van der Waals surface area contributed by atoms with Crippen LogP contribution in [0, 0.1) is 0 Å². The number of piperazine rings is 1. The van der Waals surface area contributed by atoms with Gasteiger partial charge in [-0.05, 0) is 32.0 Å². The molecule has 34 heavy (non-hydrogen) atoms. The number of hydrogen-bond donors (Lipinski definition) is 3. The first kappa shape index (κ1) is 25.6. The molecule has 2 aromatic rings. The number of halogens is 1. The van der Waals surface area contributed by atoms with E-state index in [1.165, 1.54) is 0 Å². The minimum Gasteiger partial charge on any atom is -0.493 e. The van der Waals surface area contributed by atoms with E-state index in [4.69, 9.17) is 24.9 Å². The molecule has 4 N–H and O–H groups in total. The number of ether oxygens (including phenoxy) is 3. The summed E-state index contributed by atoms with van der Waals surface area (Å²) < 4.78 is 17.0. The van der Waals surface area contributed by atoms with Crippen molar-refractivity contribution in [1.82, 2.24) is 10.2 Å². The number of aliphatic imine (C=N–C) groups is 1. The number of rotatable bonds is 6. The largest absolute Gasteiger partial charge is 0.493 e. The number of nitrogens with one attached hydrogen (secondary N) is 2. The number of Topliss-reactive ketones (excluding diaryl/α,β-unsaturated/α-hetero) is 1. The fraction of sp³-hybridized carbons (Fsp3) is 0.417. The smallest absolute Gasteiger partial charge is 0.222 e. The summed E-state index contributed by atoms with van der Waals surface area (Å²) >= 11 is 0. The Morgan fingerprint density at radius 2 is 1.71 bits per heavy atom. The Morgan fingerprint density at radius 3 is 2.32 bits per heavy atom. The second kappa shape index (κ2) is 10.1. The summed E-state index contributed by atoms with van der Waals surface area (Å²) in [5.74, 6) is 1.74. The fourth-order valence-electron chi connectivity index (χ4n) is 4.16. The Kier molecular flexibility index (Phi) is 7.60. The Morgan fingerprint density at radius 1 is 1.09 bits per heavy atom. The third-order valence-electron chi connectivity index (χ3n) is 5.89. The van der Waals surface area contributed by atoms with E-state index in [0.29, 0.717) is 34.5 Å². The Labute approximate surface area is 206 Å². The van der Waals surface area contributed by atoms with E-state index in [1.807, 2.05) is 18.2 Å². The van der Waals surface area contributed by atoms with Crippen LogP contribution in [0.5, 0.6) is 17.2 Å². The van der Waals surface area contributed by atoms with Gasteiger partial charge in [-0.1, -0.05) is 18.2 Å². The van der Waals surface area contributed by atoms with Crippen LogP contribution in [0.3, 0.4) is 0 Å². The highest BCUT2D eigenvalue weighted by Gasteiger charge is 2.50. The average molecular weight is 490 g/mol. The van der Waals surface area contributed by atoms with E-state index in [9.17, 15) is 4.79 Å². The maximum Gasteiger partial charge on any atom is 0.222 e. The minimum atomic E-state index is -1.70. The molecule has 0 amide bonds. The minimum absolute atomic E-state index is 0. The van der Waals surface area contributed by atoms with Crippen molar-refractivity contribution < 1.29 is 19.0 Å². The van der Waals surface area contributed by atoms with Crippen LogP contribution in [-0.4, -0.2) is 62.6 Å². The number of hydrogen-bond acceptors (Lipinski definition) is 9. The SMILES string of the molecule is COc1cc2c(cc1OC)C(N)(C(=O)C(C)(C)Oc1ccccc1)N=C(N1CCNCC1)N2.Cl. The number of methoxy groups -OCH3 is 2. The molecule has 0 aromatic heterocycles. The van der Waals surface area contributed by atoms with Crippen LogP contribution in [0.1, 0.15) is 19.4 Å². The topological polar surface area (TPSA) is 110 Å². The molecular formula is C24H32ClN5O4. The monoisotopic (exact) mass is 489 g/mol. The van der Waals surface area contributed by atoms with Crippen molar-refractivity contribution >= 4 is 29.8 Å². The molecule has 2 aliphatic rings. The molecule has 184 valence electrons. The maximum atomic E-state index is 14.0. The van der Waals surface area contributed by atoms with Crippen LogP contribution >= 0.6 is 12.4 Å². The van der Waals surface area contributed by atoms with E-state index in [2.05, 4.69) is 15.5 Å². The van der Waals surface area contributed by atoms with E-state index in [0.717, 1.165) is 26.2 Å². The van der Waals surface area contributed by atoms with E-state index in [1.54, 1.807) is 52.3 Å². The zero-order valence-corrected chi connectivity index (χ0v) is 20.7. The number of guanidine groups is 1. The van der Waals surface area contributed by atoms with Crippen LogP contribution in [0.4, 0.5) is 5.69 Å². The molecule has 2 aromatic carbocycles. The van der Waals surface area contributed by atoms with Gasteiger partial charge in [0.05, 0.1) is 19.9 Å². The van der Waals surface area contributed by atoms with Gasteiger partial charge in [0.25, 0.3) is 0 Å². The van der Waals surface area contributed by atoms with Gasteiger partial charge >= 0.3 is 0 Å². The van der Waals surface area contributed by atoms with Gasteiger partial charge in [-0.3, -0.25) is 10.5 Å². The van der Waals surface area contributed by atoms with Crippen molar-refractivity contribution in [2.45, 2.75) is 25.1 Å². The predicted octanol–water partition coefficient (Wildman–Crippen LogP) is 2.35. The summed E-state index contributed by atoms with van der Waals surface area (Å²) in [6.07, 6.45) is 0. The highest BCUT2D eigenvalue weighted by Crippen LogP contribution is 2.42. The van der Waals surface area contributed by atoms with Crippen molar-refractivity contribution in [2.75, 3.05) is 45.7 Å². The number of ketones is 1. The zero-order valence-electron chi connectivity index (χ0n) is 19.9. The van der Waals surface area contributed by atoms with Crippen LogP contribution in [0.15, 0.2) is 47.5 Å². The molecule has 0 saturated carbocycles. The number of carbonyl (C=O) groups is 1. The van der Waals surface area contributed by atoms with Crippen LogP contribution in [0.2, 0.25) is 0 Å². The summed E-state index contributed by atoms with van der Waals surface area (Å²) in [5.41, 5.74) is 5.06. The molecule has 0 radical (unpaired) electrons. The summed E-state index contributed by atoms with van der Waals surface area (Å²) in [6.45, 7) is 6.52. The number of benzene rings is 2. The van der Waals surface area contributed by atoms with Gasteiger partial charge in [-0.2, -0.15) is 0 Å². The lowest BCUT2D eigenvalue weighted by Gasteiger charge is -2.40. The van der Waals surface area contributed by atoms with Crippen LogP contribution < -0.4 is 30.6 Å². The quantitative estimate of drug-likeness (QED) is 0.567. The van der Waals surface area contributed by atoms with Gasteiger partial charge in [-0.25, -0.2) is 4.99 Å². The van der Waals surface area contributed by atoms with Crippen LogP contribution in [0.25, 0.3) is 0 Å². The summed E-state index contributed by atoms with van der Waals surface area (Å²) in [6, 6.07) is 12.7.